The molecule has 0 heterocycles. The zero-order chi connectivity index (χ0) is 14.7. The minimum atomic E-state index is -0.255. The summed E-state index contributed by atoms with van der Waals surface area (Å²) < 4.78 is 0.944. The van der Waals surface area contributed by atoms with E-state index in [9.17, 15) is 9.90 Å². The van der Waals surface area contributed by atoms with Crippen LogP contribution in [0, 0.1) is 0 Å². The molecule has 0 fully saturated rings. The standard InChI is InChI=1S/C15H13BrClNO2/c1-18(9-10-4-2-3-5-13(10)16)15(20)12-7-6-11(17)8-14(12)19/h2-8,19H,9H2,1H3. The lowest BCUT2D eigenvalue weighted by molar-refractivity contribution is 0.0782. The van der Waals surface area contributed by atoms with Gasteiger partial charge >= 0.3 is 0 Å². The van der Waals surface area contributed by atoms with Gasteiger partial charge in [0.15, 0.2) is 0 Å². The zero-order valence-electron chi connectivity index (χ0n) is 10.8. The molecule has 0 saturated heterocycles. The molecule has 0 radical (unpaired) electrons. The average Bonchev–Trinajstić information content (AvgIpc) is 2.40. The highest BCUT2D eigenvalue weighted by Gasteiger charge is 2.16. The zero-order valence-corrected chi connectivity index (χ0v) is 13.1. The summed E-state index contributed by atoms with van der Waals surface area (Å²) in [5, 5.41) is 10.2. The predicted molar refractivity (Wildman–Crippen MR) is 83.1 cm³/mol. The van der Waals surface area contributed by atoms with Gasteiger partial charge in [0, 0.05) is 23.1 Å². The minimum Gasteiger partial charge on any atom is -0.507 e. The lowest BCUT2D eigenvalue weighted by atomic mass is 10.1. The second-order valence-corrected chi connectivity index (χ2v) is 5.70. The Morgan fingerprint density at radius 2 is 2.00 bits per heavy atom. The van der Waals surface area contributed by atoms with Crippen molar-refractivity contribution in [2.45, 2.75) is 6.54 Å². The van der Waals surface area contributed by atoms with Gasteiger partial charge < -0.3 is 10.0 Å². The topological polar surface area (TPSA) is 40.5 Å². The Bertz CT molecular complexity index is 646. The minimum absolute atomic E-state index is 0.110. The van der Waals surface area contributed by atoms with Crippen LogP contribution in [0.3, 0.4) is 0 Å². The summed E-state index contributed by atoms with van der Waals surface area (Å²) in [6.45, 7) is 0.447. The van der Waals surface area contributed by atoms with E-state index >= 15 is 0 Å². The predicted octanol–water partition coefficient (Wildman–Crippen LogP) is 4.08. The third-order valence-corrected chi connectivity index (χ3v) is 3.91. The first-order chi connectivity index (χ1) is 9.49. The molecule has 2 aromatic rings. The van der Waals surface area contributed by atoms with Crippen LogP contribution < -0.4 is 0 Å². The molecule has 0 unspecified atom stereocenters. The van der Waals surface area contributed by atoms with Crippen molar-refractivity contribution >= 4 is 33.4 Å². The van der Waals surface area contributed by atoms with Gasteiger partial charge in [-0.2, -0.15) is 0 Å². The van der Waals surface area contributed by atoms with Crippen molar-refractivity contribution in [3.63, 3.8) is 0 Å². The van der Waals surface area contributed by atoms with Gasteiger partial charge in [0.25, 0.3) is 5.91 Å². The van der Waals surface area contributed by atoms with Crippen LogP contribution in [0.1, 0.15) is 15.9 Å². The largest absolute Gasteiger partial charge is 0.507 e. The Balaban J connectivity index is 2.19. The second kappa shape index (κ2) is 6.29. The number of hydrogen-bond donors (Lipinski definition) is 1. The fourth-order valence-electron chi connectivity index (χ4n) is 1.85. The van der Waals surface area contributed by atoms with Gasteiger partial charge in [-0.05, 0) is 29.8 Å². The van der Waals surface area contributed by atoms with Crippen molar-refractivity contribution in [2.75, 3.05) is 7.05 Å². The number of carbonyl (C=O) groups is 1. The fourth-order valence-corrected chi connectivity index (χ4v) is 2.42. The van der Waals surface area contributed by atoms with Crippen LogP contribution in [0.15, 0.2) is 46.9 Å². The molecule has 0 aliphatic heterocycles. The van der Waals surface area contributed by atoms with E-state index in [2.05, 4.69) is 15.9 Å². The molecule has 1 amide bonds. The molecule has 104 valence electrons. The van der Waals surface area contributed by atoms with Crippen LogP contribution in [0.4, 0.5) is 0 Å². The highest BCUT2D eigenvalue weighted by molar-refractivity contribution is 9.10. The number of aromatic hydroxyl groups is 1. The molecular formula is C15H13BrClNO2. The SMILES string of the molecule is CN(Cc1ccccc1Br)C(=O)c1ccc(Cl)cc1O. The third-order valence-electron chi connectivity index (χ3n) is 2.90. The fraction of sp³-hybridized carbons (Fsp3) is 0.133. The van der Waals surface area contributed by atoms with Crippen LogP contribution in [0.2, 0.25) is 5.02 Å². The number of phenolic OH excluding ortho intramolecular Hbond substituents is 1. The highest BCUT2D eigenvalue weighted by atomic mass is 79.9. The number of halogens is 2. The quantitative estimate of drug-likeness (QED) is 0.902. The number of benzene rings is 2. The first-order valence-corrected chi connectivity index (χ1v) is 7.13. The first kappa shape index (κ1) is 14.9. The number of rotatable bonds is 3. The number of nitrogens with zero attached hydrogens (tertiary/aromatic N) is 1. The molecule has 2 rings (SSSR count). The van der Waals surface area contributed by atoms with E-state index in [-0.39, 0.29) is 17.2 Å². The number of carbonyl (C=O) groups excluding carboxylic acids is 1. The smallest absolute Gasteiger partial charge is 0.257 e. The molecule has 0 aliphatic rings. The Hall–Kier alpha value is -1.52. The molecule has 0 spiro atoms. The van der Waals surface area contributed by atoms with Crippen molar-refractivity contribution < 1.29 is 9.90 Å². The van der Waals surface area contributed by atoms with Gasteiger partial charge in [0.2, 0.25) is 0 Å². The van der Waals surface area contributed by atoms with Crippen LogP contribution in [-0.4, -0.2) is 23.0 Å². The third kappa shape index (κ3) is 3.32. The summed E-state index contributed by atoms with van der Waals surface area (Å²) in [5.41, 5.74) is 1.24. The van der Waals surface area contributed by atoms with Gasteiger partial charge in [0.05, 0.1) is 5.56 Å². The van der Waals surface area contributed by atoms with Gasteiger partial charge in [-0.25, -0.2) is 0 Å². The van der Waals surface area contributed by atoms with Gasteiger partial charge in [-0.3, -0.25) is 4.79 Å². The van der Waals surface area contributed by atoms with E-state index in [0.717, 1.165) is 10.0 Å². The lowest BCUT2D eigenvalue weighted by Crippen LogP contribution is -2.26. The summed E-state index contributed by atoms with van der Waals surface area (Å²) in [6, 6.07) is 12.2. The van der Waals surface area contributed by atoms with Crippen LogP contribution in [0.25, 0.3) is 0 Å². The van der Waals surface area contributed by atoms with Crippen molar-refractivity contribution in [3.05, 3.63) is 63.1 Å². The summed E-state index contributed by atoms with van der Waals surface area (Å²) in [7, 11) is 1.69. The second-order valence-electron chi connectivity index (χ2n) is 4.41. The summed E-state index contributed by atoms with van der Waals surface area (Å²) in [4.78, 5) is 13.8. The Labute approximate surface area is 130 Å². The number of hydrogen-bond acceptors (Lipinski definition) is 2. The van der Waals surface area contributed by atoms with E-state index < -0.39 is 0 Å². The summed E-state index contributed by atoms with van der Waals surface area (Å²) in [5.74, 6) is -0.364. The number of phenols is 1. The molecule has 3 nitrogen and oxygen atoms in total. The Morgan fingerprint density at radius 1 is 1.30 bits per heavy atom. The van der Waals surface area contributed by atoms with E-state index in [4.69, 9.17) is 11.6 Å². The Morgan fingerprint density at radius 3 is 2.65 bits per heavy atom. The van der Waals surface area contributed by atoms with Crippen LogP contribution in [0.5, 0.6) is 5.75 Å². The maximum Gasteiger partial charge on any atom is 0.257 e. The molecule has 0 aliphatic carbocycles. The van der Waals surface area contributed by atoms with Crippen molar-refractivity contribution in [1.29, 1.82) is 0 Å². The molecule has 0 aromatic heterocycles. The molecule has 0 atom stereocenters. The lowest BCUT2D eigenvalue weighted by Gasteiger charge is -2.18. The average molecular weight is 355 g/mol. The molecule has 20 heavy (non-hydrogen) atoms. The Kier molecular flexibility index (Phi) is 4.68. The van der Waals surface area contributed by atoms with E-state index in [1.807, 2.05) is 24.3 Å². The maximum absolute atomic E-state index is 12.3. The van der Waals surface area contributed by atoms with Crippen molar-refractivity contribution in [2.24, 2.45) is 0 Å². The molecule has 2 aromatic carbocycles. The van der Waals surface area contributed by atoms with Gasteiger partial charge in [-0.1, -0.05) is 45.7 Å². The van der Waals surface area contributed by atoms with Crippen LogP contribution >= 0.6 is 27.5 Å². The summed E-state index contributed by atoms with van der Waals surface area (Å²) in [6.07, 6.45) is 0. The molecule has 0 bridgehead atoms. The van der Waals surface area contributed by atoms with Crippen molar-refractivity contribution in [3.8, 4) is 5.75 Å². The van der Waals surface area contributed by atoms with Gasteiger partial charge in [-0.15, -0.1) is 0 Å². The molecule has 1 N–H and O–H groups in total. The van der Waals surface area contributed by atoms with E-state index in [1.54, 1.807) is 18.0 Å². The molecular weight excluding hydrogens is 342 g/mol. The van der Waals surface area contributed by atoms with E-state index in [1.165, 1.54) is 12.1 Å². The first-order valence-electron chi connectivity index (χ1n) is 5.96. The number of amides is 1. The van der Waals surface area contributed by atoms with Crippen LogP contribution in [-0.2, 0) is 6.54 Å². The molecule has 0 saturated carbocycles. The normalized spacial score (nSPS) is 10.3. The van der Waals surface area contributed by atoms with Gasteiger partial charge in [0.1, 0.15) is 5.75 Å². The maximum atomic E-state index is 12.3. The molecule has 5 heteroatoms. The van der Waals surface area contributed by atoms with E-state index in [0.29, 0.717) is 11.6 Å². The van der Waals surface area contributed by atoms with Crippen molar-refractivity contribution in [1.82, 2.24) is 4.90 Å². The monoisotopic (exact) mass is 353 g/mol. The summed E-state index contributed by atoms with van der Waals surface area (Å²) >= 11 is 9.21. The highest BCUT2D eigenvalue weighted by Crippen LogP contribution is 2.24.